The van der Waals surface area contributed by atoms with E-state index in [0.717, 1.165) is 69.7 Å². The van der Waals surface area contributed by atoms with Gasteiger partial charge < -0.3 is 21.3 Å². The van der Waals surface area contributed by atoms with E-state index in [1.54, 1.807) is 18.3 Å². The third-order valence-electron chi connectivity index (χ3n) is 8.83. The van der Waals surface area contributed by atoms with E-state index in [-0.39, 0.29) is 35.5 Å². The van der Waals surface area contributed by atoms with Gasteiger partial charge in [0.05, 0.1) is 11.7 Å². The number of pyridine rings is 1. The van der Waals surface area contributed by atoms with Gasteiger partial charge in [-0.25, -0.2) is 4.39 Å². The van der Waals surface area contributed by atoms with Gasteiger partial charge in [0.1, 0.15) is 5.82 Å². The summed E-state index contributed by atoms with van der Waals surface area (Å²) in [4.78, 5) is 30.7. The number of nitrogens with one attached hydrogen (secondary N) is 2. The highest BCUT2D eigenvalue weighted by molar-refractivity contribution is 5.79. The summed E-state index contributed by atoms with van der Waals surface area (Å²) < 4.78 is 13.5. The van der Waals surface area contributed by atoms with Crippen LogP contribution in [0.1, 0.15) is 54.1 Å². The Labute approximate surface area is 248 Å². The Balaban J connectivity index is 0.000000336. The predicted octanol–water partition coefficient (Wildman–Crippen LogP) is 4.02. The summed E-state index contributed by atoms with van der Waals surface area (Å²) in [6, 6.07) is 20.4. The van der Waals surface area contributed by atoms with Gasteiger partial charge in [0, 0.05) is 24.6 Å². The fraction of sp³-hybridized carbons (Fsp3) is 0.441. The van der Waals surface area contributed by atoms with Gasteiger partial charge >= 0.3 is 0 Å². The molecule has 3 aliphatic rings. The van der Waals surface area contributed by atoms with Crippen molar-refractivity contribution in [1.29, 1.82) is 0 Å². The lowest BCUT2D eigenvalue weighted by atomic mass is 9.93. The second-order valence-corrected chi connectivity index (χ2v) is 11.8. The number of benzene rings is 2. The zero-order chi connectivity index (χ0) is 29.3. The van der Waals surface area contributed by atoms with Crippen LogP contribution in [0.4, 0.5) is 4.39 Å². The molecule has 42 heavy (non-hydrogen) atoms. The van der Waals surface area contributed by atoms with Gasteiger partial charge in [-0.05, 0) is 112 Å². The van der Waals surface area contributed by atoms with E-state index in [1.165, 1.54) is 36.1 Å². The maximum atomic E-state index is 13.5. The van der Waals surface area contributed by atoms with E-state index < -0.39 is 0 Å². The van der Waals surface area contributed by atoms with Crippen LogP contribution in [-0.4, -0.2) is 54.4 Å². The molecule has 2 saturated heterocycles. The number of hydrogen-bond donors (Lipinski definition) is 3. The van der Waals surface area contributed by atoms with Gasteiger partial charge in [-0.3, -0.25) is 14.6 Å². The molecule has 1 aromatic heterocycles. The van der Waals surface area contributed by atoms with Crippen LogP contribution < -0.4 is 16.4 Å². The van der Waals surface area contributed by atoms with Crippen molar-refractivity contribution >= 4 is 11.8 Å². The van der Waals surface area contributed by atoms with Crippen LogP contribution in [0.15, 0.2) is 72.9 Å². The number of halogens is 1. The maximum absolute atomic E-state index is 13.5. The molecular weight excluding hydrogens is 529 g/mol. The van der Waals surface area contributed by atoms with E-state index in [4.69, 9.17) is 5.73 Å². The number of piperidine rings is 2. The predicted molar refractivity (Wildman–Crippen MR) is 162 cm³/mol. The summed E-state index contributed by atoms with van der Waals surface area (Å²) in [5.41, 5.74) is 9.69. The van der Waals surface area contributed by atoms with Crippen LogP contribution in [0.2, 0.25) is 0 Å². The standard InChI is InChI=1S/C28H30FN3O.C6H12N2O/c29-25-10-8-21(9-11-25)27(26-7-3-4-14-30-26)31-28(33)22-12-15-32(16-13-22)19-20-17-23-5-1-2-6-24(23)18-20;7-6(9)5-1-3-8-4-2-5/h1-11,14,20,22,27H,12-13,15-19H2,(H,31,33);5,8H,1-4H2,(H2,7,9). The third kappa shape index (κ3) is 8.01. The number of carbonyl (C=O) groups excluding carboxylic acids is 2. The molecule has 1 atom stereocenters. The quantitative estimate of drug-likeness (QED) is 0.398. The molecule has 0 saturated carbocycles. The molecule has 3 heterocycles. The fourth-order valence-corrected chi connectivity index (χ4v) is 6.42. The van der Waals surface area contributed by atoms with Gasteiger partial charge in [-0.1, -0.05) is 42.5 Å². The van der Waals surface area contributed by atoms with E-state index in [9.17, 15) is 14.0 Å². The van der Waals surface area contributed by atoms with Crippen molar-refractivity contribution in [1.82, 2.24) is 20.5 Å². The van der Waals surface area contributed by atoms with Crippen molar-refractivity contribution in [2.45, 2.75) is 44.6 Å². The highest BCUT2D eigenvalue weighted by Crippen LogP contribution is 2.29. The number of carbonyl (C=O) groups is 2. The number of rotatable bonds is 7. The number of likely N-dealkylation sites (tertiary alicyclic amines) is 1. The Morgan fingerprint density at radius 3 is 2.12 bits per heavy atom. The topological polar surface area (TPSA) is 100 Å². The Morgan fingerprint density at radius 2 is 1.55 bits per heavy atom. The smallest absolute Gasteiger partial charge is 0.224 e. The molecular formula is C34H42FN5O2. The largest absolute Gasteiger partial charge is 0.369 e. The first-order valence-corrected chi connectivity index (χ1v) is 15.2. The zero-order valence-electron chi connectivity index (χ0n) is 24.2. The van der Waals surface area contributed by atoms with E-state index in [2.05, 4.69) is 44.8 Å². The van der Waals surface area contributed by atoms with Gasteiger partial charge in [-0.15, -0.1) is 0 Å². The molecule has 7 nitrogen and oxygen atoms in total. The van der Waals surface area contributed by atoms with Crippen molar-refractivity contribution < 1.29 is 14.0 Å². The molecule has 2 aromatic carbocycles. The molecule has 0 spiro atoms. The minimum Gasteiger partial charge on any atom is -0.369 e. The minimum absolute atomic E-state index is 0.00585. The molecule has 2 amide bonds. The first kappa shape index (κ1) is 29.9. The number of hydrogen-bond acceptors (Lipinski definition) is 5. The molecule has 0 bridgehead atoms. The van der Waals surface area contributed by atoms with Gasteiger partial charge in [0.15, 0.2) is 0 Å². The number of aromatic nitrogens is 1. The lowest BCUT2D eigenvalue weighted by Gasteiger charge is -2.33. The minimum atomic E-state index is -0.380. The van der Waals surface area contributed by atoms with Crippen molar-refractivity contribution in [3.05, 3.63) is 101 Å². The Bertz CT molecular complexity index is 1280. The van der Waals surface area contributed by atoms with Crippen LogP contribution in [0, 0.1) is 23.6 Å². The summed E-state index contributed by atoms with van der Waals surface area (Å²) in [7, 11) is 0. The molecule has 8 heteroatoms. The zero-order valence-corrected chi connectivity index (χ0v) is 24.2. The normalized spacial score (nSPS) is 18.9. The highest BCUT2D eigenvalue weighted by Gasteiger charge is 2.30. The number of nitrogens with zero attached hydrogens (tertiary/aromatic N) is 2. The monoisotopic (exact) mass is 571 g/mol. The Hall–Kier alpha value is -3.62. The summed E-state index contributed by atoms with van der Waals surface area (Å²) in [5.74, 6) is 0.432. The van der Waals surface area contributed by atoms with Crippen LogP contribution in [0.5, 0.6) is 0 Å². The van der Waals surface area contributed by atoms with Gasteiger partial charge in [-0.2, -0.15) is 0 Å². The highest BCUT2D eigenvalue weighted by atomic mass is 19.1. The summed E-state index contributed by atoms with van der Waals surface area (Å²) in [6.45, 7) is 4.89. The molecule has 2 fully saturated rings. The second-order valence-electron chi connectivity index (χ2n) is 11.8. The maximum Gasteiger partial charge on any atom is 0.224 e. The van der Waals surface area contributed by atoms with Crippen LogP contribution >= 0.6 is 0 Å². The summed E-state index contributed by atoms with van der Waals surface area (Å²) in [6.07, 6.45) is 7.61. The van der Waals surface area contributed by atoms with E-state index >= 15 is 0 Å². The number of nitrogens with two attached hydrogens (primary N) is 1. The second kappa shape index (κ2) is 14.5. The fourth-order valence-electron chi connectivity index (χ4n) is 6.42. The number of amides is 2. The number of primary amides is 1. The van der Waals surface area contributed by atoms with Gasteiger partial charge in [0.25, 0.3) is 0 Å². The SMILES string of the molecule is NC(=O)C1CCNCC1.O=C(NC(c1ccc(F)cc1)c1ccccn1)C1CCN(CC2Cc3ccccc3C2)CC1. The average Bonchev–Trinajstić information content (AvgIpc) is 3.44. The van der Waals surface area contributed by atoms with E-state index in [0.29, 0.717) is 5.92 Å². The molecule has 1 aliphatic carbocycles. The first-order chi connectivity index (χ1) is 20.5. The molecule has 3 aromatic rings. The summed E-state index contributed by atoms with van der Waals surface area (Å²) >= 11 is 0. The van der Waals surface area contributed by atoms with Crippen molar-refractivity contribution in [2.24, 2.45) is 23.5 Å². The molecule has 222 valence electrons. The van der Waals surface area contributed by atoms with Crippen LogP contribution in [-0.2, 0) is 22.4 Å². The lowest BCUT2D eigenvalue weighted by molar-refractivity contribution is -0.127. The molecule has 6 rings (SSSR count). The number of fused-ring (bicyclic) bond motifs is 1. The van der Waals surface area contributed by atoms with Gasteiger partial charge in [0.2, 0.25) is 11.8 Å². The van der Waals surface area contributed by atoms with Crippen LogP contribution in [0.3, 0.4) is 0 Å². The molecule has 2 aliphatic heterocycles. The molecule has 0 radical (unpaired) electrons. The Morgan fingerprint density at radius 1 is 0.905 bits per heavy atom. The van der Waals surface area contributed by atoms with Crippen molar-refractivity contribution in [3.63, 3.8) is 0 Å². The molecule has 1 unspecified atom stereocenters. The average molecular weight is 572 g/mol. The van der Waals surface area contributed by atoms with Crippen molar-refractivity contribution in [2.75, 3.05) is 32.7 Å². The summed E-state index contributed by atoms with van der Waals surface area (Å²) in [5, 5.41) is 6.36. The van der Waals surface area contributed by atoms with E-state index in [1.807, 2.05) is 18.2 Å². The third-order valence-corrected chi connectivity index (χ3v) is 8.83. The molecule has 4 N–H and O–H groups in total. The van der Waals surface area contributed by atoms with Crippen LogP contribution in [0.25, 0.3) is 0 Å². The lowest BCUT2D eigenvalue weighted by Crippen LogP contribution is -2.43. The first-order valence-electron chi connectivity index (χ1n) is 15.2. The Kier molecular flexibility index (Phi) is 10.3. The van der Waals surface area contributed by atoms with Crippen molar-refractivity contribution in [3.8, 4) is 0 Å².